The van der Waals surface area contributed by atoms with Gasteiger partial charge in [0.15, 0.2) is 0 Å². The van der Waals surface area contributed by atoms with Crippen LogP contribution in [0, 0.1) is 6.92 Å². The fourth-order valence-electron chi connectivity index (χ4n) is 5.00. The van der Waals surface area contributed by atoms with E-state index in [9.17, 15) is 18.0 Å². The lowest BCUT2D eigenvalue weighted by molar-refractivity contribution is -0.140. The molecule has 0 unspecified atom stereocenters. The lowest BCUT2D eigenvalue weighted by Gasteiger charge is -2.34. The van der Waals surface area contributed by atoms with E-state index in [0.717, 1.165) is 25.5 Å². The van der Waals surface area contributed by atoms with Crippen LogP contribution in [0.2, 0.25) is 5.02 Å². The van der Waals surface area contributed by atoms with E-state index >= 15 is 0 Å². The minimum atomic E-state index is -4.26. The molecule has 4 aromatic carbocycles. The Morgan fingerprint density at radius 2 is 1.62 bits per heavy atom. The van der Waals surface area contributed by atoms with Crippen molar-refractivity contribution < 1.29 is 22.7 Å². The molecule has 4 aromatic rings. The van der Waals surface area contributed by atoms with Crippen molar-refractivity contribution in [2.24, 2.45) is 0 Å². The summed E-state index contributed by atoms with van der Waals surface area (Å²) < 4.78 is 35.6. The van der Waals surface area contributed by atoms with E-state index in [0.29, 0.717) is 12.2 Å². The molecular weight excluding hydrogens is 702 g/mol. The normalized spacial score (nSPS) is 12.6. The van der Waals surface area contributed by atoms with Crippen LogP contribution in [-0.2, 0) is 32.6 Å². The standard InChI is InChI=1S/C36H39BrClN3O5S/c1-5-26(3)39-36(43)33(21-27-10-7-6-8-11-27)40(23-28-12-9-13-29(37)20-28)35(42)24-41(30-16-19-34(46-4)32(38)22-30)47(44,45)31-17-14-25(2)15-18-31/h6-20,22,26,33H,5,21,23-24H2,1-4H3,(H,39,43)/t26-,33-/m1/s1. The SMILES string of the molecule is CC[C@@H](C)NC(=O)[C@@H](Cc1ccccc1)N(Cc1cccc(Br)c1)C(=O)CN(c1ccc(OC)c(Cl)c1)S(=O)(=O)c1ccc(C)cc1. The van der Waals surface area contributed by atoms with Crippen molar-refractivity contribution in [1.29, 1.82) is 0 Å². The van der Waals surface area contributed by atoms with Crippen LogP contribution in [0.5, 0.6) is 5.75 Å². The number of hydrogen-bond acceptors (Lipinski definition) is 5. The maximum absolute atomic E-state index is 14.6. The van der Waals surface area contributed by atoms with Crippen molar-refractivity contribution in [2.45, 2.75) is 57.1 Å². The monoisotopic (exact) mass is 739 g/mol. The third kappa shape index (κ3) is 9.37. The Bertz CT molecular complexity index is 1790. The molecule has 0 heterocycles. The molecule has 0 radical (unpaired) electrons. The molecule has 1 N–H and O–H groups in total. The van der Waals surface area contributed by atoms with Gasteiger partial charge in [0, 0.05) is 23.5 Å². The fraction of sp³-hybridized carbons (Fsp3) is 0.278. The van der Waals surface area contributed by atoms with Crippen LogP contribution in [0.4, 0.5) is 5.69 Å². The van der Waals surface area contributed by atoms with Crippen LogP contribution >= 0.6 is 27.5 Å². The quantitative estimate of drug-likeness (QED) is 0.148. The second-order valence-corrected chi connectivity index (χ2v) is 14.5. The summed E-state index contributed by atoms with van der Waals surface area (Å²) in [5, 5.41) is 3.23. The molecule has 11 heteroatoms. The molecule has 0 aliphatic heterocycles. The molecule has 47 heavy (non-hydrogen) atoms. The van der Waals surface area contributed by atoms with E-state index in [4.69, 9.17) is 16.3 Å². The second-order valence-electron chi connectivity index (χ2n) is 11.3. The molecule has 8 nitrogen and oxygen atoms in total. The fourth-order valence-corrected chi connectivity index (χ4v) is 7.11. The first-order valence-electron chi connectivity index (χ1n) is 15.2. The number of nitrogens with one attached hydrogen (secondary N) is 1. The smallest absolute Gasteiger partial charge is 0.264 e. The zero-order chi connectivity index (χ0) is 34.1. The number of aryl methyl sites for hydroxylation is 1. The van der Waals surface area contributed by atoms with Crippen LogP contribution < -0.4 is 14.4 Å². The van der Waals surface area contributed by atoms with Gasteiger partial charge in [-0.25, -0.2) is 8.42 Å². The van der Waals surface area contributed by atoms with Gasteiger partial charge in [-0.15, -0.1) is 0 Å². The Labute approximate surface area is 290 Å². The molecule has 2 amide bonds. The van der Waals surface area contributed by atoms with Crippen LogP contribution in [0.1, 0.15) is 37.0 Å². The third-order valence-electron chi connectivity index (χ3n) is 7.83. The first kappa shape index (κ1) is 36.0. The Hall–Kier alpha value is -3.86. The number of amides is 2. The molecule has 0 saturated heterocycles. The Morgan fingerprint density at radius 3 is 2.23 bits per heavy atom. The van der Waals surface area contributed by atoms with Crippen LogP contribution in [0.3, 0.4) is 0 Å². The molecule has 4 rings (SSSR count). The molecule has 0 bridgehead atoms. The van der Waals surface area contributed by atoms with E-state index in [1.165, 1.54) is 30.2 Å². The van der Waals surface area contributed by atoms with E-state index in [2.05, 4.69) is 21.2 Å². The Balaban J connectivity index is 1.83. The highest BCUT2D eigenvalue weighted by molar-refractivity contribution is 9.10. The summed E-state index contributed by atoms with van der Waals surface area (Å²) in [7, 11) is -2.80. The minimum Gasteiger partial charge on any atom is -0.495 e. The van der Waals surface area contributed by atoms with Gasteiger partial charge in [-0.3, -0.25) is 13.9 Å². The van der Waals surface area contributed by atoms with Gasteiger partial charge in [-0.2, -0.15) is 0 Å². The molecule has 0 aliphatic rings. The van der Waals surface area contributed by atoms with E-state index in [-0.39, 0.29) is 40.5 Å². The average Bonchev–Trinajstić information content (AvgIpc) is 3.05. The lowest BCUT2D eigenvalue weighted by Crippen LogP contribution is -2.54. The van der Waals surface area contributed by atoms with Crippen molar-refractivity contribution in [3.05, 3.63) is 123 Å². The summed E-state index contributed by atoms with van der Waals surface area (Å²) in [4.78, 5) is 30.1. The number of anilines is 1. The molecule has 2 atom stereocenters. The summed E-state index contributed by atoms with van der Waals surface area (Å²) in [5.41, 5.74) is 2.68. The maximum atomic E-state index is 14.6. The molecule has 248 valence electrons. The molecule has 0 spiro atoms. The number of carbonyl (C=O) groups is 2. The molecular formula is C36H39BrClN3O5S. The first-order chi connectivity index (χ1) is 22.4. The summed E-state index contributed by atoms with van der Waals surface area (Å²) in [6.45, 7) is 5.20. The number of nitrogens with zero attached hydrogens (tertiary/aromatic N) is 2. The summed E-state index contributed by atoms with van der Waals surface area (Å²) in [6, 6.07) is 26.8. The molecule has 0 saturated carbocycles. The van der Waals surface area contributed by atoms with Gasteiger partial charge in [0.2, 0.25) is 11.8 Å². The van der Waals surface area contributed by atoms with Crippen LogP contribution in [0.15, 0.2) is 106 Å². The van der Waals surface area contributed by atoms with Crippen molar-refractivity contribution in [3.63, 3.8) is 0 Å². The molecule has 0 fully saturated rings. The van der Waals surface area contributed by atoms with Gasteiger partial charge in [0.05, 0.1) is 22.7 Å². The maximum Gasteiger partial charge on any atom is 0.264 e. The average molecular weight is 741 g/mol. The summed E-state index contributed by atoms with van der Waals surface area (Å²) in [6.07, 6.45) is 0.923. The van der Waals surface area contributed by atoms with E-state index < -0.39 is 28.5 Å². The minimum absolute atomic E-state index is 0.0109. The number of methoxy groups -OCH3 is 1. The number of sulfonamides is 1. The van der Waals surface area contributed by atoms with Gasteiger partial charge in [0.1, 0.15) is 18.3 Å². The van der Waals surface area contributed by atoms with Crippen molar-refractivity contribution in [2.75, 3.05) is 18.0 Å². The number of benzene rings is 4. The molecule has 0 aliphatic carbocycles. The summed E-state index contributed by atoms with van der Waals surface area (Å²) in [5.74, 6) is -0.532. The van der Waals surface area contributed by atoms with Gasteiger partial charge in [-0.1, -0.05) is 94.6 Å². The Morgan fingerprint density at radius 1 is 0.936 bits per heavy atom. The van der Waals surface area contributed by atoms with E-state index in [1.807, 2.05) is 75.4 Å². The van der Waals surface area contributed by atoms with Crippen LogP contribution in [-0.4, -0.2) is 50.9 Å². The Kier molecular flexibility index (Phi) is 12.5. The predicted octanol–water partition coefficient (Wildman–Crippen LogP) is 7.17. The van der Waals surface area contributed by atoms with Gasteiger partial charge >= 0.3 is 0 Å². The van der Waals surface area contributed by atoms with Gasteiger partial charge in [-0.05, 0) is 73.9 Å². The highest BCUT2D eigenvalue weighted by Gasteiger charge is 2.35. The topological polar surface area (TPSA) is 96.0 Å². The number of rotatable bonds is 14. The molecule has 0 aromatic heterocycles. The van der Waals surface area contributed by atoms with E-state index in [1.54, 1.807) is 24.3 Å². The van der Waals surface area contributed by atoms with Crippen molar-refractivity contribution in [1.82, 2.24) is 10.2 Å². The predicted molar refractivity (Wildman–Crippen MR) is 190 cm³/mol. The number of halogens is 2. The largest absolute Gasteiger partial charge is 0.495 e. The van der Waals surface area contributed by atoms with Gasteiger partial charge < -0.3 is 15.0 Å². The summed E-state index contributed by atoms with van der Waals surface area (Å²) >= 11 is 9.96. The highest BCUT2D eigenvalue weighted by Crippen LogP contribution is 2.32. The van der Waals surface area contributed by atoms with Crippen molar-refractivity contribution >= 4 is 55.1 Å². The zero-order valence-electron chi connectivity index (χ0n) is 26.8. The second kappa shape index (κ2) is 16.3. The number of ether oxygens (including phenoxy) is 1. The number of hydrogen-bond donors (Lipinski definition) is 1. The number of carbonyl (C=O) groups excluding carboxylic acids is 2. The van der Waals surface area contributed by atoms with Gasteiger partial charge in [0.25, 0.3) is 10.0 Å². The third-order valence-corrected chi connectivity index (χ3v) is 10.4. The van der Waals surface area contributed by atoms with Crippen LogP contribution in [0.25, 0.3) is 0 Å². The zero-order valence-corrected chi connectivity index (χ0v) is 30.0. The highest BCUT2D eigenvalue weighted by atomic mass is 79.9. The lowest BCUT2D eigenvalue weighted by atomic mass is 10.0. The van der Waals surface area contributed by atoms with Crippen molar-refractivity contribution in [3.8, 4) is 5.75 Å². The first-order valence-corrected chi connectivity index (χ1v) is 17.8.